The van der Waals surface area contributed by atoms with Gasteiger partial charge in [-0.2, -0.15) is 5.10 Å². The maximum absolute atomic E-state index is 13.1. The van der Waals surface area contributed by atoms with Crippen LogP contribution in [0.5, 0.6) is 0 Å². The Morgan fingerprint density at radius 1 is 1.15 bits per heavy atom. The third-order valence-electron chi connectivity index (χ3n) is 8.01. The molecule has 1 aromatic heterocycles. The average Bonchev–Trinajstić information content (AvgIpc) is 3.15. The van der Waals surface area contributed by atoms with Crippen LogP contribution in [0.1, 0.15) is 81.9 Å². The fourth-order valence-electron chi connectivity index (χ4n) is 6.56. The van der Waals surface area contributed by atoms with E-state index in [4.69, 9.17) is 16.7 Å². The van der Waals surface area contributed by atoms with Gasteiger partial charge in [0.15, 0.2) is 5.69 Å². The van der Waals surface area contributed by atoms with Crippen LogP contribution in [0, 0.1) is 30.6 Å². The predicted molar refractivity (Wildman–Crippen MR) is 140 cm³/mol. The monoisotopic (exact) mass is 484 g/mol. The lowest BCUT2D eigenvalue weighted by atomic mass is 9.62. The Morgan fingerprint density at radius 2 is 1.88 bits per heavy atom. The summed E-state index contributed by atoms with van der Waals surface area (Å²) in [5.41, 5.74) is 3.41. The van der Waals surface area contributed by atoms with E-state index in [2.05, 4.69) is 38.3 Å². The number of amides is 1. The molecule has 0 radical (unpaired) electrons. The van der Waals surface area contributed by atoms with Crippen LogP contribution in [0.2, 0.25) is 5.02 Å². The number of hydrogen-bond acceptors (Lipinski definition) is 3. The van der Waals surface area contributed by atoms with Crippen LogP contribution in [0.25, 0.3) is 11.3 Å². The van der Waals surface area contributed by atoms with Gasteiger partial charge in [0.25, 0.3) is 5.91 Å². The largest absolute Gasteiger partial charge is 0.349 e. The molecule has 0 spiro atoms. The quantitative estimate of drug-likeness (QED) is 0.434. The number of fused-ring (bicyclic) bond motifs is 2. The zero-order chi connectivity index (χ0) is 24.4. The Balaban J connectivity index is 1.39. The van der Waals surface area contributed by atoms with E-state index in [9.17, 15) is 4.79 Å². The van der Waals surface area contributed by atoms with E-state index in [1.165, 1.54) is 32.1 Å². The van der Waals surface area contributed by atoms with Crippen molar-refractivity contribution in [2.75, 3.05) is 13.1 Å². The first-order chi connectivity index (χ1) is 16.3. The van der Waals surface area contributed by atoms with Crippen molar-refractivity contribution in [3.05, 3.63) is 40.5 Å². The number of halogens is 1. The van der Waals surface area contributed by atoms with Gasteiger partial charge in [-0.3, -0.25) is 9.48 Å². The van der Waals surface area contributed by atoms with Crippen LogP contribution in [0.4, 0.5) is 0 Å². The molecule has 2 fully saturated rings. The van der Waals surface area contributed by atoms with Crippen LogP contribution in [-0.2, 0) is 0 Å². The van der Waals surface area contributed by atoms with E-state index in [-0.39, 0.29) is 11.9 Å². The second-order valence-electron chi connectivity index (χ2n) is 10.9. The SMILES string of the molecule is CCC1CC2CC(C)CC(C2)C1NCCNC(=O)c1nn(C(C)C)c(-c2ccc(Cl)cc2)c1C. The van der Waals surface area contributed by atoms with Crippen LogP contribution in [0.3, 0.4) is 0 Å². The zero-order valence-electron chi connectivity index (χ0n) is 21.4. The molecule has 2 aliphatic carbocycles. The summed E-state index contributed by atoms with van der Waals surface area (Å²) in [6.07, 6.45) is 6.74. The molecule has 2 saturated carbocycles. The molecular weight excluding hydrogens is 444 g/mol. The number of hydrogen-bond donors (Lipinski definition) is 2. The van der Waals surface area contributed by atoms with Gasteiger partial charge >= 0.3 is 0 Å². The summed E-state index contributed by atoms with van der Waals surface area (Å²) in [7, 11) is 0. The third-order valence-corrected chi connectivity index (χ3v) is 8.26. The fourth-order valence-corrected chi connectivity index (χ4v) is 6.69. The molecule has 186 valence electrons. The summed E-state index contributed by atoms with van der Waals surface area (Å²) < 4.78 is 1.94. The topological polar surface area (TPSA) is 58.9 Å². The summed E-state index contributed by atoms with van der Waals surface area (Å²) in [5.74, 6) is 3.22. The Hall–Kier alpha value is -1.85. The number of carbonyl (C=O) groups excluding carboxylic acids is 1. The molecule has 6 heteroatoms. The Labute approximate surface area is 210 Å². The molecule has 1 amide bonds. The zero-order valence-corrected chi connectivity index (χ0v) is 22.2. The van der Waals surface area contributed by atoms with Gasteiger partial charge in [0.2, 0.25) is 0 Å². The van der Waals surface area contributed by atoms with Crippen LogP contribution in [0.15, 0.2) is 24.3 Å². The Bertz CT molecular complexity index is 981. The summed E-state index contributed by atoms with van der Waals surface area (Å²) in [6.45, 7) is 12.3. The first-order valence-corrected chi connectivity index (χ1v) is 13.5. The van der Waals surface area contributed by atoms with Gasteiger partial charge in [-0.1, -0.05) is 44.0 Å². The van der Waals surface area contributed by atoms with E-state index in [0.29, 0.717) is 23.3 Å². The van der Waals surface area contributed by atoms with E-state index >= 15 is 0 Å². The maximum atomic E-state index is 13.1. The number of benzene rings is 1. The molecule has 5 atom stereocenters. The van der Waals surface area contributed by atoms with Gasteiger partial charge in [-0.25, -0.2) is 0 Å². The highest BCUT2D eigenvalue weighted by Gasteiger charge is 2.40. The highest BCUT2D eigenvalue weighted by molar-refractivity contribution is 6.30. The average molecular weight is 485 g/mol. The standard InChI is InChI=1S/C28H41ClN4O/c1-6-21-15-20-13-18(4)14-23(16-20)26(21)30-11-12-31-28(34)25-19(5)27(33(32-25)17(2)3)22-7-9-24(29)10-8-22/h7-10,17-18,20-21,23,26,30H,6,11-16H2,1-5H3,(H,31,34). The van der Waals surface area contributed by atoms with Crippen molar-refractivity contribution in [1.82, 2.24) is 20.4 Å². The number of rotatable bonds is 8. The Kier molecular flexibility index (Phi) is 8.04. The van der Waals surface area contributed by atoms with Gasteiger partial charge < -0.3 is 10.6 Å². The highest BCUT2D eigenvalue weighted by atomic mass is 35.5. The normalized spacial score (nSPS) is 26.6. The Morgan fingerprint density at radius 3 is 2.56 bits per heavy atom. The molecule has 2 aliphatic rings. The van der Waals surface area contributed by atoms with Crippen molar-refractivity contribution in [2.45, 2.75) is 78.8 Å². The first kappa shape index (κ1) is 25.2. The summed E-state index contributed by atoms with van der Waals surface area (Å²) in [4.78, 5) is 13.1. The fraction of sp³-hybridized carbons (Fsp3) is 0.643. The van der Waals surface area contributed by atoms with Gasteiger partial charge in [-0.05, 0) is 82.3 Å². The highest BCUT2D eigenvalue weighted by Crippen LogP contribution is 2.45. The van der Waals surface area contributed by atoms with Crippen molar-refractivity contribution in [3.8, 4) is 11.3 Å². The minimum absolute atomic E-state index is 0.101. The minimum Gasteiger partial charge on any atom is -0.349 e. The molecule has 2 bridgehead atoms. The lowest BCUT2D eigenvalue weighted by Gasteiger charge is -2.47. The molecule has 34 heavy (non-hydrogen) atoms. The van der Waals surface area contributed by atoms with Gasteiger partial charge in [-0.15, -0.1) is 0 Å². The molecule has 2 N–H and O–H groups in total. The lowest BCUT2D eigenvalue weighted by molar-refractivity contribution is 0.0612. The van der Waals surface area contributed by atoms with Gasteiger partial charge in [0.05, 0.1) is 5.69 Å². The number of aromatic nitrogens is 2. The number of carbonyl (C=O) groups is 1. The van der Waals surface area contributed by atoms with E-state index in [1.54, 1.807) is 0 Å². The second-order valence-corrected chi connectivity index (χ2v) is 11.4. The van der Waals surface area contributed by atoms with E-state index < -0.39 is 0 Å². The molecule has 5 unspecified atom stereocenters. The van der Waals surface area contributed by atoms with Crippen LogP contribution >= 0.6 is 11.6 Å². The molecule has 5 nitrogen and oxygen atoms in total. The number of nitrogens with zero attached hydrogens (tertiary/aromatic N) is 2. The molecule has 0 saturated heterocycles. The molecule has 2 aromatic rings. The van der Waals surface area contributed by atoms with Gasteiger partial charge in [0.1, 0.15) is 0 Å². The van der Waals surface area contributed by atoms with Crippen molar-refractivity contribution >= 4 is 17.5 Å². The number of nitrogens with one attached hydrogen (secondary N) is 2. The lowest BCUT2D eigenvalue weighted by Crippen LogP contribution is -2.51. The summed E-state index contributed by atoms with van der Waals surface area (Å²) >= 11 is 6.09. The summed E-state index contributed by atoms with van der Waals surface area (Å²) in [5, 5.41) is 12.4. The van der Waals surface area contributed by atoms with E-state index in [0.717, 1.165) is 47.0 Å². The van der Waals surface area contributed by atoms with Crippen molar-refractivity contribution in [1.29, 1.82) is 0 Å². The van der Waals surface area contributed by atoms with Crippen LogP contribution < -0.4 is 10.6 Å². The molecular formula is C28H41ClN4O. The predicted octanol–water partition coefficient (Wildman–Crippen LogP) is 6.26. The second kappa shape index (κ2) is 10.8. The smallest absolute Gasteiger partial charge is 0.272 e. The van der Waals surface area contributed by atoms with E-state index in [1.807, 2.05) is 35.9 Å². The summed E-state index contributed by atoms with van der Waals surface area (Å²) in [6, 6.07) is 8.46. The minimum atomic E-state index is -0.101. The molecule has 1 aromatic carbocycles. The molecule has 0 aliphatic heterocycles. The van der Waals surface area contributed by atoms with Crippen LogP contribution in [-0.4, -0.2) is 34.8 Å². The molecule has 1 heterocycles. The van der Waals surface area contributed by atoms with Crippen molar-refractivity contribution in [3.63, 3.8) is 0 Å². The van der Waals surface area contributed by atoms with Gasteiger partial charge in [0, 0.05) is 41.3 Å². The third kappa shape index (κ3) is 5.36. The molecule has 4 rings (SSSR count). The van der Waals surface area contributed by atoms with Crippen molar-refractivity contribution in [2.24, 2.45) is 23.7 Å². The van der Waals surface area contributed by atoms with Crippen molar-refractivity contribution < 1.29 is 4.79 Å². The first-order valence-electron chi connectivity index (χ1n) is 13.1. The maximum Gasteiger partial charge on any atom is 0.272 e.